The largest absolute Gasteiger partial charge is 0.325 e. The third-order valence-electron chi connectivity index (χ3n) is 7.24. The van der Waals surface area contributed by atoms with E-state index in [9.17, 15) is 14.4 Å². The minimum atomic E-state index is -0.577. The van der Waals surface area contributed by atoms with E-state index in [0.29, 0.717) is 27.9 Å². The molecule has 0 spiro atoms. The Bertz CT molecular complexity index is 1860. The van der Waals surface area contributed by atoms with Gasteiger partial charge >= 0.3 is 0 Å². The van der Waals surface area contributed by atoms with Crippen molar-refractivity contribution in [3.8, 4) is 0 Å². The molecule has 1 unspecified atom stereocenters. The summed E-state index contributed by atoms with van der Waals surface area (Å²) < 4.78 is 0. The highest BCUT2D eigenvalue weighted by Gasteiger charge is 2.23. The SMILES string of the molecule is CC(C)c1ccc(/C=C(/NC(=O)c2ccccc2)C(=O)Nc2cccc(SC(C(=O)Nc3ccc(Cl)cc3)c3ccccc3)c2)cc1. The quantitative estimate of drug-likeness (QED) is 0.0974. The van der Waals surface area contributed by atoms with Crippen LogP contribution >= 0.6 is 23.4 Å². The van der Waals surface area contributed by atoms with Gasteiger partial charge in [-0.3, -0.25) is 14.4 Å². The molecule has 0 radical (unpaired) electrons. The second-order valence-corrected chi connectivity index (χ2v) is 12.7. The number of halogens is 1. The van der Waals surface area contributed by atoms with Crippen LogP contribution in [-0.4, -0.2) is 17.7 Å². The smallest absolute Gasteiger partial charge is 0.272 e. The molecule has 47 heavy (non-hydrogen) atoms. The average Bonchev–Trinajstić information content (AvgIpc) is 3.09. The molecule has 0 aromatic heterocycles. The molecule has 0 aliphatic rings. The van der Waals surface area contributed by atoms with Crippen LogP contribution < -0.4 is 16.0 Å². The average molecular weight is 660 g/mol. The van der Waals surface area contributed by atoms with E-state index >= 15 is 0 Å². The molecule has 0 fully saturated rings. The number of carbonyl (C=O) groups is 3. The zero-order valence-corrected chi connectivity index (χ0v) is 27.5. The first kappa shape index (κ1) is 33.3. The highest BCUT2D eigenvalue weighted by Crippen LogP contribution is 2.37. The van der Waals surface area contributed by atoms with Crippen molar-refractivity contribution >= 4 is 58.5 Å². The van der Waals surface area contributed by atoms with Crippen LogP contribution in [0.2, 0.25) is 5.02 Å². The normalized spacial score (nSPS) is 11.9. The van der Waals surface area contributed by atoms with Gasteiger partial charge in [0, 0.05) is 26.9 Å². The van der Waals surface area contributed by atoms with Crippen molar-refractivity contribution in [2.45, 2.75) is 29.9 Å². The van der Waals surface area contributed by atoms with Gasteiger partial charge in [-0.25, -0.2) is 0 Å². The van der Waals surface area contributed by atoms with E-state index < -0.39 is 17.1 Å². The van der Waals surface area contributed by atoms with Gasteiger partial charge in [-0.1, -0.05) is 104 Å². The number of carbonyl (C=O) groups excluding carboxylic acids is 3. The van der Waals surface area contributed by atoms with Crippen LogP contribution in [0.3, 0.4) is 0 Å². The fourth-order valence-electron chi connectivity index (χ4n) is 4.71. The molecule has 1 atom stereocenters. The number of anilines is 2. The van der Waals surface area contributed by atoms with Crippen molar-refractivity contribution in [3.63, 3.8) is 0 Å². The van der Waals surface area contributed by atoms with Gasteiger partial charge in [-0.2, -0.15) is 0 Å². The molecule has 3 amide bonds. The van der Waals surface area contributed by atoms with E-state index in [2.05, 4.69) is 29.8 Å². The molecule has 0 aliphatic heterocycles. The van der Waals surface area contributed by atoms with Gasteiger partial charge in [0.1, 0.15) is 10.9 Å². The zero-order chi connectivity index (χ0) is 33.2. The first-order chi connectivity index (χ1) is 22.7. The number of amides is 3. The molecule has 6 nitrogen and oxygen atoms in total. The summed E-state index contributed by atoms with van der Waals surface area (Å²) in [5.41, 5.74) is 4.46. The van der Waals surface area contributed by atoms with Crippen LogP contribution in [0.15, 0.2) is 144 Å². The van der Waals surface area contributed by atoms with E-state index in [1.165, 1.54) is 17.3 Å². The molecular weight excluding hydrogens is 626 g/mol. The maximum atomic E-state index is 13.7. The fourth-order valence-corrected chi connectivity index (χ4v) is 5.92. The monoisotopic (exact) mass is 659 g/mol. The molecule has 8 heteroatoms. The first-order valence-corrected chi connectivity index (χ1v) is 16.4. The van der Waals surface area contributed by atoms with Crippen LogP contribution in [-0.2, 0) is 9.59 Å². The van der Waals surface area contributed by atoms with E-state index in [-0.39, 0.29) is 11.6 Å². The summed E-state index contributed by atoms with van der Waals surface area (Å²) in [6, 6.07) is 40.3. The molecule has 236 valence electrons. The van der Waals surface area contributed by atoms with Gasteiger partial charge in [0.15, 0.2) is 0 Å². The van der Waals surface area contributed by atoms with Gasteiger partial charge in [-0.15, -0.1) is 11.8 Å². The van der Waals surface area contributed by atoms with Gasteiger partial charge in [0.2, 0.25) is 5.91 Å². The summed E-state index contributed by atoms with van der Waals surface area (Å²) in [6.45, 7) is 4.23. The highest BCUT2D eigenvalue weighted by atomic mass is 35.5. The summed E-state index contributed by atoms with van der Waals surface area (Å²) >= 11 is 7.38. The molecule has 0 aliphatic carbocycles. The Balaban J connectivity index is 1.37. The van der Waals surface area contributed by atoms with E-state index in [1.54, 1.807) is 60.7 Å². The number of benzene rings is 5. The predicted octanol–water partition coefficient (Wildman–Crippen LogP) is 9.35. The maximum Gasteiger partial charge on any atom is 0.272 e. The molecule has 0 heterocycles. The first-order valence-electron chi connectivity index (χ1n) is 15.1. The Hall–Kier alpha value is -5.11. The fraction of sp³-hybridized carbons (Fsp3) is 0.103. The molecule has 0 bridgehead atoms. The number of thioether (sulfide) groups is 1. The standard InChI is InChI=1S/C39H34ClN3O3S/c1-26(2)28-18-16-27(17-19-28)24-35(43-37(44)30-12-7-4-8-13-30)38(45)42-33-14-9-15-34(25-33)47-36(29-10-5-3-6-11-29)39(46)41-32-22-20-31(40)21-23-32/h3-26,36H,1-2H3,(H,41,46)(H,42,45)(H,43,44)/b35-24+. The van der Waals surface area contributed by atoms with Crippen LogP contribution in [0.25, 0.3) is 6.08 Å². The number of hydrogen-bond acceptors (Lipinski definition) is 4. The lowest BCUT2D eigenvalue weighted by molar-refractivity contribution is -0.116. The van der Waals surface area contributed by atoms with Crippen LogP contribution in [0.5, 0.6) is 0 Å². The van der Waals surface area contributed by atoms with E-state index in [4.69, 9.17) is 11.6 Å². The number of hydrogen-bond donors (Lipinski definition) is 3. The Labute approximate surface area is 284 Å². The van der Waals surface area contributed by atoms with Crippen molar-refractivity contribution in [1.29, 1.82) is 0 Å². The summed E-state index contributed by atoms with van der Waals surface area (Å²) in [6.07, 6.45) is 1.66. The number of rotatable bonds is 11. The molecule has 0 saturated carbocycles. The van der Waals surface area contributed by atoms with Gasteiger partial charge in [0.05, 0.1) is 0 Å². The molecule has 3 N–H and O–H groups in total. The summed E-state index contributed by atoms with van der Waals surface area (Å²) in [4.78, 5) is 41.1. The summed E-state index contributed by atoms with van der Waals surface area (Å²) in [7, 11) is 0. The topological polar surface area (TPSA) is 87.3 Å². The highest BCUT2D eigenvalue weighted by molar-refractivity contribution is 8.00. The van der Waals surface area contributed by atoms with Crippen molar-refractivity contribution < 1.29 is 14.4 Å². The van der Waals surface area contributed by atoms with Crippen LogP contribution in [0, 0.1) is 0 Å². The molecule has 0 saturated heterocycles. The lowest BCUT2D eigenvalue weighted by atomic mass is 10.0. The minimum absolute atomic E-state index is 0.0960. The van der Waals surface area contributed by atoms with E-state index in [1.807, 2.05) is 78.9 Å². The lowest BCUT2D eigenvalue weighted by Gasteiger charge is -2.18. The van der Waals surface area contributed by atoms with Crippen LogP contribution in [0.1, 0.15) is 52.1 Å². The second-order valence-electron chi connectivity index (χ2n) is 11.1. The molecule has 5 aromatic rings. The Morgan fingerprint density at radius 2 is 1.34 bits per heavy atom. The summed E-state index contributed by atoms with van der Waals surface area (Å²) in [5, 5.41) is 8.70. The minimum Gasteiger partial charge on any atom is -0.325 e. The van der Waals surface area contributed by atoms with Crippen molar-refractivity contribution in [2.75, 3.05) is 10.6 Å². The Morgan fingerprint density at radius 3 is 2.00 bits per heavy atom. The maximum absolute atomic E-state index is 13.7. The van der Waals surface area contributed by atoms with E-state index in [0.717, 1.165) is 16.0 Å². The third-order valence-corrected chi connectivity index (χ3v) is 8.74. The van der Waals surface area contributed by atoms with Crippen molar-refractivity contribution in [3.05, 3.63) is 166 Å². The second kappa shape index (κ2) is 15.9. The zero-order valence-electron chi connectivity index (χ0n) is 25.9. The molecule has 5 rings (SSSR count). The van der Waals surface area contributed by atoms with Crippen molar-refractivity contribution in [2.24, 2.45) is 0 Å². The van der Waals surface area contributed by atoms with Gasteiger partial charge in [0.25, 0.3) is 11.8 Å². The molecular formula is C39H34ClN3O3S. The third kappa shape index (κ3) is 9.45. The summed E-state index contributed by atoms with van der Waals surface area (Å²) in [5.74, 6) is -0.712. The predicted molar refractivity (Wildman–Crippen MR) is 193 cm³/mol. The Morgan fingerprint density at radius 1 is 0.681 bits per heavy atom. The van der Waals surface area contributed by atoms with Gasteiger partial charge < -0.3 is 16.0 Å². The molecule has 5 aromatic carbocycles. The van der Waals surface area contributed by atoms with Crippen molar-refractivity contribution in [1.82, 2.24) is 5.32 Å². The van der Waals surface area contributed by atoms with Crippen LogP contribution in [0.4, 0.5) is 11.4 Å². The number of nitrogens with one attached hydrogen (secondary N) is 3. The van der Waals surface area contributed by atoms with Gasteiger partial charge in [-0.05, 0) is 83.3 Å². The Kier molecular flexibility index (Phi) is 11.3. The lowest BCUT2D eigenvalue weighted by Crippen LogP contribution is -2.30.